The highest BCUT2D eigenvalue weighted by Gasteiger charge is 2.30. The first-order valence-corrected chi connectivity index (χ1v) is 7.99. The molecule has 0 bridgehead atoms. The van der Waals surface area contributed by atoms with Gasteiger partial charge in [0.1, 0.15) is 0 Å². The minimum atomic E-state index is 0.205. The van der Waals surface area contributed by atoms with Gasteiger partial charge in [-0.3, -0.25) is 4.79 Å². The Morgan fingerprint density at radius 3 is 2.94 bits per heavy atom. The van der Waals surface area contributed by atoms with Gasteiger partial charge in [0.25, 0.3) is 0 Å². The third kappa shape index (κ3) is 3.62. The fraction of sp³-hybridized carbons (Fsp3) is 0.923. The van der Waals surface area contributed by atoms with E-state index in [1.54, 1.807) is 0 Å². The zero-order valence-corrected chi connectivity index (χ0v) is 11.5. The van der Waals surface area contributed by atoms with Crippen LogP contribution >= 0.6 is 11.8 Å². The number of carbonyl (C=O) groups excluding carboxylic acids is 1. The molecule has 3 nitrogen and oxygen atoms in total. The Morgan fingerprint density at radius 1 is 1.35 bits per heavy atom. The predicted octanol–water partition coefficient (Wildman–Crippen LogP) is 1.78. The first-order chi connectivity index (χ1) is 8.31. The van der Waals surface area contributed by atoms with Crippen molar-refractivity contribution >= 4 is 17.7 Å². The maximum atomic E-state index is 12.1. The molecular formula is C13H24N2OS. The molecule has 0 radical (unpaired) electrons. The van der Waals surface area contributed by atoms with Crippen LogP contribution < -0.4 is 10.6 Å². The molecule has 0 spiro atoms. The lowest BCUT2D eigenvalue weighted by Gasteiger charge is -2.26. The second kappa shape index (κ2) is 6.64. The molecule has 2 fully saturated rings. The SMILES string of the molecule is CCSC1CCCC1NC(=O)[C@H]1CCCNC1. The molecule has 1 heterocycles. The Hall–Kier alpha value is -0.220. The number of rotatable bonds is 4. The molecule has 98 valence electrons. The molecule has 4 heteroatoms. The molecule has 1 aliphatic carbocycles. The van der Waals surface area contributed by atoms with E-state index in [-0.39, 0.29) is 11.8 Å². The average Bonchev–Trinajstić information content (AvgIpc) is 2.78. The topological polar surface area (TPSA) is 41.1 Å². The van der Waals surface area contributed by atoms with E-state index >= 15 is 0 Å². The Labute approximate surface area is 108 Å². The molecule has 0 aromatic carbocycles. The van der Waals surface area contributed by atoms with E-state index in [0.717, 1.165) is 31.7 Å². The van der Waals surface area contributed by atoms with Gasteiger partial charge in [0.05, 0.1) is 5.92 Å². The fourth-order valence-corrected chi connectivity index (χ4v) is 4.08. The fourth-order valence-electron chi connectivity index (χ4n) is 2.88. The van der Waals surface area contributed by atoms with Gasteiger partial charge in [-0.2, -0.15) is 11.8 Å². The van der Waals surface area contributed by atoms with E-state index in [1.807, 2.05) is 11.8 Å². The van der Waals surface area contributed by atoms with E-state index in [2.05, 4.69) is 17.6 Å². The van der Waals surface area contributed by atoms with Crippen molar-refractivity contribution < 1.29 is 4.79 Å². The molecule has 17 heavy (non-hydrogen) atoms. The number of piperidine rings is 1. The van der Waals surface area contributed by atoms with Gasteiger partial charge in [-0.25, -0.2) is 0 Å². The van der Waals surface area contributed by atoms with Crippen LogP contribution in [0.1, 0.15) is 39.0 Å². The van der Waals surface area contributed by atoms with Crippen molar-refractivity contribution in [1.82, 2.24) is 10.6 Å². The van der Waals surface area contributed by atoms with Crippen molar-refractivity contribution in [2.24, 2.45) is 5.92 Å². The summed E-state index contributed by atoms with van der Waals surface area (Å²) in [6, 6.07) is 0.425. The van der Waals surface area contributed by atoms with Crippen LogP contribution in [0.2, 0.25) is 0 Å². The zero-order valence-electron chi connectivity index (χ0n) is 10.7. The number of carbonyl (C=O) groups is 1. The van der Waals surface area contributed by atoms with Crippen molar-refractivity contribution in [3.63, 3.8) is 0 Å². The van der Waals surface area contributed by atoms with Crippen LogP contribution in [0.25, 0.3) is 0 Å². The van der Waals surface area contributed by atoms with E-state index in [9.17, 15) is 4.79 Å². The monoisotopic (exact) mass is 256 g/mol. The highest BCUT2D eigenvalue weighted by Crippen LogP contribution is 2.30. The second-order valence-corrected chi connectivity index (χ2v) is 6.60. The number of thioether (sulfide) groups is 1. The highest BCUT2D eigenvalue weighted by atomic mass is 32.2. The first-order valence-electron chi connectivity index (χ1n) is 6.94. The normalized spacial score (nSPS) is 33.6. The largest absolute Gasteiger partial charge is 0.352 e. The molecule has 2 N–H and O–H groups in total. The molecule has 2 rings (SSSR count). The summed E-state index contributed by atoms with van der Waals surface area (Å²) in [4.78, 5) is 12.1. The molecule has 1 saturated heterocycles. The Bertz CT molecular complexity index is 254. The van der Waals surface area contributed by atoms with Crippen molar-refractivity contribution in [3.05, 3.63) is 0 Å². The summed E-state index contributed by atoms with van der Waals surface area (Å²) in [6.07, 6.45) is 5.90. The number of hydrogen-bond donors (Lipinski definition) is 2. The lowest BCUT2D eigenvalue weighted by Crippen LogP contribution is -2.46. The molecule has 0 aromatic rings. The Balaban J connectivity index is 1.80. The van der Waals surface area contributed by atoms with Gasteiger partial charge in [-0.1, -0.05) is 13.3 Å². The molecule has 1 aliphatic heterocycles. The zero-order chi connectivity index (χ0) is 12.1. The smallest absolute Gasteiger partial charge is 0.224 e. The molecule has 1 amide bonds. The summed E-state index contributed by atoms with van der Waals surface area (Å²) >= 11 is 2.01. The van der Waals surface area contributed by atoms with E-state index in [4.69, 9.17) is 0 Å². The van der Waals surface area contributed by atoms with Gasteiger partial charge < -0.3 is 10.6 Å². The van der Waals surface area contributed by atoms with E-state index < -0.39 is 0 Å². The van der Waals surface area contributed by atoms with Crippen LogP contribution in [-0.2, 0) is 4.79 Å². The first kappa shape index (κ1) is 13.2. The van der Waals surface area contributed by atoms with Gasteiger partial charge in [0.15, 0.2) is 0 Å². The van der Waals surface area contributed by atoms with E-state index in [1.165, 1.54) is 19.3 Å². The molecule has 2 aliphatic rings. The lowest BCUT2D eigenvalue weighted by atomic mass is 9.98. The van der Waals surface area contributed by atoms with Crippen LogP contribution in [0.4, 0.5) is 0 Å². The summed E-state index contributed by atoms with van der Waals surface area (Å²) in [5, 5.41) is 7.25. The predicted molar refractivity (Wildman–Crippen MR) is 73.3 cm³/mol. The minimum absolute atomic E-state index is 0.205. The molecule has 1 saturated carbocycles. The van der Waals surface area contributed by atoms with Crippen molar-refractivity contribution in [2.75, 3.05) is 18.8 Å². The quantitative estimate of drug-likeness (QED) is 0.805. The summed E-state index contributed by atoms with van der Waals surface area (Å²) < 4.78 is 0. The second-order valence-electron chi connectivity index (χ2n) is 5.08. The average molecular weight is 256 g/mol. The standard InChI is InChI=1S/C13H24N2OS/c1-2-17-12-7-3-6-11(12)15-13(16)10-5-4-8-14-9-10/h10-12,14H,2-9H2,1H3,(H,15,16)/t10-,11?,12?/m0/s1. The molecule has 2 unspecified atom stereocenters. The van der Waals surface area contributed by atoms with Crippen LogP contribution in [0, 0.1) is 5.92 Å². The molecule has 3 atom stereocenters. The number of nitrogens with one attached hydrogen (secondary N) is 2. The van der Waals surface area contributed by atoms with Crippen molar-refractivity contribution in [3.8, 4) is 0 Å². The third-order valence-electron chi connectivity index (χ3n) is 3.83. The maximum Gasteiger partial charge on any atom is 0.224 e. The van der Waals surface area contributed by atoms with Gasteiger partial charge in [-0.05, 0) is 38.0 Å². The van der Waals surface area contributed by atoms with Crippen LogP contribution in [0.3, 0.4) is 0 Å². The molecule has 0 aromatic heterocycles. The summed E-state index contributed by atoms with van der Waals surface area (Å²) in [7, 11) is 0. The van der Waals surface area contributed by atoms with Crippen molar-refractivity contribution in [1.29, 1.82) is 0 Å². The molecular weight excluding hydrogens is 232 g/mol. The summed E-state index contributed by atoms with van der Waals surface area (Å²) in [6.45, 7) is 4.14. The van der Waals surface area contributed by atoms with Crippen LogP contribution in [-0.4, -0.2) is 36.0 Å². The summed E-state index contributed by atoms with van der Waals surface area (Å²) in [5.41, 5.74) is 0. The highest BCUT2D eigenvalue weighted by molar-refractivity contribution is 7.99. The van der Waals surface area contributed by atoms with E-state index in [0.29, 0.717) is 11.3 Å². The Kier molecular flexibility index (Phi) is 5.16. The number of amides is 1. The van der Waals surface area contributed by atoms with Gasteiger partial charge in [0.2, 0.25) is 5.91 Å². The maximum absolute atomic E-state index is 12.1. The minimum Gasteiger partial charge on any atom is -0.352 e. The Morgan fingerprint density at radius 2 is 2.24 bits per heavy atom. The summed E-state index contributed by atoms with van der Waals surface area (Å²) in [5.74, 6) is 1.64. The number of hydrogen-bond acceptors (Lipinski definition) is 3. The lowest BCUT2D eigenvalue weighted by molar-refractivity contribution is -0.126. The van der Waals surface area contributed by atoms with Gasteiger partial charge >= 0.3 is 0 Å². The van der Waals surface area contributed by atoms with Crippen LogP contribution in [0.5, 0.6) is 0 Å². The third-order valence-corrected chi connectivity index (χ3v) is 5.15. The van der Waals surface area contributed by atoms with Crippen molar-refractivity contribution in [2.45, 2.75) is 50.3 Å². The van der Waals surface area contributed by atoms with Gasteiger partial charge in [-0.15, -0.1) is 0 Å². The van der Waals surface area contributed by atoms with Crippen LogP contribution in [0.15, 0.2) is 0 Å². The van der Waals surface area contributed by atoms with Gasteiger partial charge in [0, 0.05) is 17.8 Å².